The standard InChI is InChI=1S/C20H17BrFN5/c1-11-9-18(27-26-11)24-20-16-8-5-14(21)10-17(16)23-19(25-20)12(2)13-3-6-15(22)7-4-13/h3-10,12H,1-2H3,(H2,23,24,25,26,27). The second-order valence-electron chi connectivity index (χ2n) is 6.43. The van der Waals surface area contributed by atoms with E-state index >= 15 is 0 Å². The molecule has 0 bridgehead atoms. The Balaban J connectivity index is 1.81. The first-order valence-corrected chi connectivity index (χ1v) is 9.30. The van der Waals surface area contributed by atoms with Crippen molar-refractivity contribution in [3.05, 3.63) is 75.9 Å². The zero-order valence-electron chi connectivity index (χ0n) is 14.8. The molecule has 0 saturated carbocycles. The molecule has 0 fully saturated rings. The van der Waals surface area contributed by atoms with Crippen molar-refractivity contribution in [1.82, 2.24) is 20.2 Å². The molecule has 0 amide bonds. The highest BCUT2D eigenvalue weighted by Crippen LogP contribution is 2.30. The molecule has 0 aliphatic heterocycles. The lowest BCUT2D eigenvalue weighted by Crippen LogP contribution is -2.06. The molecule has 136 valence electrons. The Kier molecular flexibility index (Phi) is 4.61. The van der Waals surface area contributed by atoms with Crippen molar-refractivity contribution in [2.45, 2.75) is 19.8 Å². The highest BCUT2D eigenvalue weighted by atomic mass is 79.9. The molecule has 1 atom stereocenters. The third kappa shape index (κ3) is 3.68. The van der Waals surface area contributed by atoms with E-state index in [1.807, 2.05) is 38.1 Å². The maximum atomic E-state index is 13.3. The van der Waals surface area contributed by atoms with Gasteiger partial charge in [0.05, 0.1) is 5.52 Å². The number of aromatic nitrogens is 4. The molecule has 4 aromatic rings. The summed E-state index contributed by atoms with van der Waals surface area (Å²) in [7, 11) is 0. The largest absolute Gasteiger partial charge is 0.323 e. The van der Waals surface area contributed by atoms with Gasteiger partial charge in [0.1, 0.15) is 17.5 Å². The number of aryl methyl sites for hydroxylation is 1. The average Bonchev–Trinajstić information content (AvgIpc) is 3.06. The third-order valence-corrected chi connectivity index (χ3v) is 4.88. The number of hydrogen-bond donors (Lipinski definition) is 2. The van der Waals surface area contributed by atoms with Crippen molar-refractivity contribution in [2.24, 2.45) is 0 Å². The van der Waals surface area contributed by atoms with Crippen molar-refractivity contribution in [2.75, 3.05) is 5.32 Å². The van der Waals surface area contributed by atoms with Gasteiger partial charge in [-0.15, -0.1) is 0 Å². The second-order valence-corrected chi connectivity index (χ2v) is 7.34. The fourth-order valence-electron chi connectivity index (χ4n) is 2.91. The molecule has 2 heterocycles. The summed E-state index contributed by atoms with van der Waals surface area (Å²) in [6.07, 6.45) is 0. The lowest BCUT2D eigenvalue weighted by Gasteiger charge is -2.14. The van der Waals surface area contributed by atoms with Gasteiger partial charge in [0, 0.05) is 27.5 Å². The summed E-state index contributed by atoms with van der Waals surface area (Å²) in [6, 6.07) is 14.2. The maximum Gasteiger partial charge on any atom is 0.153 e. The van der Waals surface area contributed by atoms with Crippen LogP contribution in [0, 0.1) is 12.7 Å². The lowest BCUT2D eigenvalue weighted by molar-refractivity contribution is 0.626. The molecule has 0 spiro atoms. The van der Waals surface area contributed by atoms with Gasteiger partial charge in [-0.3, -0.25) is 5.10 Å². The zero-order valence-corrected chi connectivity index (χ0v) is 16.4. The van der Waals surface area contributed by atoms with Gasteiger partial charge in [0.15, 0.2) is 5.82 Å². The minimum Gasteiger partial charge on any atom is -0.323 e. The van der Waals surface area contributed by atoms with E-state index in [9.17, 15) is 4.39 Å². The quantitative estimate of drug-likeness (QED) is 0.455. The first kappa shape index (κ1) is 17.6. The Morgan fingerprint density at radius 1 is 1.07 bits per heavy atom. The van der Waals surface area contributed by atoms with Crippen LogP contribution in [-0.4, -0.2) is 20.2 Å². The molecule has 1 unspecified atom stereocenters. The molecular formula is C20H17BrFN5. The van der Waals surface area contributed by atoms with Crippen LogP contribution in [0.5, 0.6) is 0 Å². The van der Waals surface area contributed by atoms with Crippen molar-refractivity contribution >= 4 is 38.5 Å². The molecule has 5 nitrogen and oxygen atoms in total. The molecule has 0 saturated heterocycles. The molecule has 2 aromatic carbocycles. The number of rotatable bonds is 4. The minimum atomic E-state index is -0.259. The van der Waals surface area contributed by atoms with E-state index in [0.717, 1.165) is 26.6 Å². The van der Waals surface area contributed by atoms with E-state index in [1.165, 1.54) is 12.1 Å². The summed E-state index contributed by atoms with van der Waals surface area (Å²) >= 11 is 3.50. The van der Waals surface area contributed by atoms with Crippen molar-refractivity contribution in [3.63, 3.8) is 0 Å². The molecule has 2 N–H and O–H groups in total. The van der Waals surface area contributed by atoms with Gasteiger partial charge < -0.3 is 5.32 Å². The average molecular weight is 426 g/mol. The number of fused-ring (bicyclic) bond motifs is 1. The molecule has 0 aliphatic rings. The van der Waals surface area contributed by atoms with Crippen LogP contribution >= 0.6 is 15.9 Å². The van der Waals surface area contributed by atoms with Crippen molar-refractivity contribution in [3.8, 4) is 0 Å². The van der Waals surface area contributed by atoms with E-state index in [0.29, 0.717) is 17.5 Å². The summed E-state index contributed by atoms with van der Waals surface area (Å²) in [5, 5.41) is 11.3. The number of nitrogens with one attached hydrogen (secondary N) is 2. The van der Waals surface area contributed by atoms with Gasteiger partial charge in [-0.25, -0.2) is 14.4 Å². The Labute approximate surface area is 164 Å². The van der Waals surface area contributed by atoms with E-state index in [4.69, 9.17) is 9.97 Å². The number of hydrogen-bond acceptors (Lipinski definition) is 4. The van der Waals surface area contributed by atoms with Gasteiger partial charge >= 0.3 is 0 Å². The molecule has 7 heteroatoms. The van der Waals surface area contributed by atoms with Crippen molar-refractivity contribution < 1.29 is 4.39 Å². The van der Waals surface area contributed by atoms with Crippen molar-refractivity contribution in [1.29, 1.82) is 0 Å². The lowest BCUT2D eigenvalue weighted by atomic mass is 10.00. The number of nitrogens with zero attached hydrogens (tertiary/aromatic N) is 3. The zero-order chi connectivity index (χ0) is 19.0. The summed E-state index contributed by atoms with van der Waals surface area (Å²) in [5.41, 5.74) is 2.73. The SMILES string of the molecule is Cc1cc(Nc2nc(C(C)c3ccc(F)cc3)nc3cc(Br)ccc23)n[nH]1. The van der Waals surface area contributed by atoms with Crippen LogP contribution in [-0.2, 0) is 0 Å². The number of anilines is 2. The normalized spacial score (nSPS) is 12.3. The van der Waals surface area contributed by atoms with E-state index in [-0.39, 0.29) is 11.7 Å². The molecule has 2 aromatic heterocycles. The summed E-state index contributed by atoms with van der Waals surface area (Å²) in [6.45, 7) is 3.95. The van der Waals surface area contributed by atoms with E-state index in [1.54, 1.807) is 12.1 Å². The molecule has 0 radical (unpaired) electrons. The van der Waals surface area contributed by atoms with Crippen LogP contribution in [0.25, 0.3) is 10.9 Å². The molecule has 4 rings (SSSR count). The van der Waals surface area contributed by atoms with Crippen LogP contribution in [0.3, 0.4) is 0 Å². The Bertz CT molecular complexity index is 1110. The Morgan fingerprint density at radius 3 is 2.56 bits per heavy atom. The smallest absolute Gasteiger partial charge is 0.153 e. The van der Waals surface area contributed by atoms with Crippen LogP contribution in [0.1, 0.15) is 29.9 Å². The fourth-order valence-corrected chi connectivity index (χ4v) is 3.26. The summed E-state index contributed by atoms with van der Waals surface area (Å²) in [4.78, 5) is 9.49. The highest BCUT2D eigenvalue weighted by Gasteiger charge is 2.16. The minimum absolute atomic E-state index is 0.0875. The number of benzene rings is 2. The van der Waals surface area contributed by atoms with E-state index in [2.05, 4.69) is 31.4 Å². The Morgan fingerprint density at radius 2 is 1.85 bits per heavy atom. The van der Waals surface area contributed by atoms with Gasteiger partial charge in [0.25, 0.3) is 0 Å². The number of H-pyrrole nitrogens is 1. The first-order valence-electron chi connectivity index (χ1n) is 8.51. The number of halogens is 2. The van der Waals surface area contributed by atoms with Gasteiger partial charge in [-0.2, -0.15) is 5.10 Å². The summed E-state index contributed by atoms with van der Waals surface area (Å²) < 4.78 is 14.2. The first-order chi connectivity index (χ1) is 13.0. The predicted octanol–water partition coefficient (Wildman–Crippen LogP) is 5.46. The second kappa shape index (κ2) is 7.08. The molecule has 0 aliphatic carbocycles. The van der Waals surface area contributed by atoms with Crippen LogP contribution in [0.4, 0.5) is 16.0 Å². The van der Waals surface area contributed by atoms with Gasteiger partial charge in [-0.1, -0.05) is 35.0 Å². The Hall–Kier alpha value is -2.80. The van der Waals surface area contributed by atoms with Crippen LogP contribution in [0.2, 0.25) is 0 Å². The highest BCUT2D eigenvalue weighted by molar-refractivity contribution is 9.10. The third-order valence-electron chi connectivity index (χ3n) is 4.39. The van der Waals surface area contributed by atoms with Gasteiger partial charge in [0.2, 0.25) is 0 Å². The van der Waals surface area contributed by atoms with E-state index < -0.39 is 0 Å². The topological polar surface area (TPSA) is 66.5 Å². The van der Waals surface area contributed by atoms with Crippen LogP contribution in [0.15, 0.2) is 53.0 Å². The number of aromatic amines is 1. The van der Waals surface area contributed by atoms with Crippen LogP contribution < -0.4 is 5.32 Å². The maximum absolute atomic E-state index is 13.3. The van der Waals surface area contributed by atoms with Gasteiger partial charge in [-0.05, 0) is 42.8 Å². The monoisotopic (exact) mass is 425 g/mol. The molecule has 27 heavy (non-hydrogen) atoms. The summed E-state index contributed by atoms with van der Waals surface area (Å²) in [5.74, 6) is 1.68. The predicted molar refractivity (Wildman–Crippen MR) is 108 cm³/mol. The molecular weight excluding hydrogens is 409 g/mol. The fraction of sp³-hybridized carbons (Fsp3) is 0.150.